The second kappa shape index (κ2) is 9.87. The summed E-state index contributed by atoms with van der Waals surface area (Å²) in [5.41, 5.74) is 5.79. The van der Waals surface area contributed by atoms with Gasteiger partial charge in [0.05, 0.1) is 30.4 Å². The van der Waals surface area contributed by atoms with Crippen LogP contribution in [0, 0.1) is 5.92 Å². The molecule has 4 aromatic rings. The van der Waals surface area contributed by atoms with Gasteiger partial charge in [-0.2, -0.15) is 0 Å². The van der Waals surface area contributed by atoms with Crippen molar-refractivity contribution < 1.29 is 4.74 Å². The third kappa shape index (κ3) is 4.94. The highest BCUT2D eigenvalue weighted by Gasteiger charge is 2.18. The number of imidazole rings is 1. The van der Waals surface area contributed by atoms with Crippen LogP contribution >= 0.6 is 11.8 Å². The highest BCUT2D eigenvalue weighted by molar-refractivity contribution is 7.98. The van der Waals surface area contributed by atoms with Gasteiger partial charge in [0.2, 0.25) is 5.88 Å². The predicted octanol–water partition coefficient (Wildman–Crippen LogP) is 5.33. The lowest BCUT2D eigenvalue weighted by Gasteiger charge is -2.12. The molecule has 0 fully saturated rings. The lowest BCUT2D eigenvalue weighted by Crippen LogP contribution is -2.10. The van der Waals surface area contributed by atoms with E-state index in [1.54, 1.807) is 7.11 Å². The summed E-state index contributed by atoms with van der Waals surface area (Å²) < 4.78 is 5.28. The number of nitrogens with zero attached hydrogens (tertiary/aromatic N) is 2. The van der Waals surface area contributed by atoms with Gasteiger partial charge in [-0.1, -0.05) is 80.2 Å². The van der Waals surface area contributed by atoms with Crippen LogP contribution in [0.4, 0.5) is 0 Å². The van der Waals surface area contributed by atoms with Gasteiger partial charge in [0.1, 0.15) is 0 Å². The molecule has 0 aliphatic heterocycles. The minimum absolute atomic E-state index is 0.255. The van der Waals surface area contributed by atoms with Gasteiger partial charge < -0.3 is 14.7 Å². The summed E-state index contributed by atoms with van der Waals surface area (Å²) in [6, 6.07) is 18.7. The van der Waals surface area contributed by atoms with E-state index in [0.717, 1.165) is 34.1 Å². The Kier molecular flexibility index (Phi) is 6.75. The van der Waals surface area contributed by atoms with Crippen LogP contribution in [-0.4, -0.2) is 27.0 Å². The van der Waals surface area contributed by atoms with Gasteiger partial charge in [-0.25, -0.2) is 9.97 Å². The summed E-state index contributed by atoms with van der Waals surface area (Å²) in [5.74, 6) is 1.43. The quantitative estimate of drug-likeness (QED) is 0.358. The van der Waals surface area contributed by atoms with Gasteiger partial charge in [0, 0.05) is 16.9 Å². The average Bonchev–Trinajstić information content (AvgIpc) is 3.22. The average molecular weight is 447 g/mol. The molecule has 32 heavy (non-hydrogen) atoms. The largest absolute Gasteiger partial charge is 0.480 e. The van der Waals surface area contributed by atoms with E-state index in [2.05, 4.69) is 65.2 Å². The van der Waals surface area contributed by atoms with Crippen molar-refractivity contribution >= 4 is 11.8 Å². The Bertz CT molecular complexity index is 1250. The Morgan fingerprint density at radius 1 is 1.03 bits per heavy atom. The molecule has 0 aliphatic rings. The minimum atomic E-state index is -0.255. The molecule has 0 aliphatic carbocycles. The maximum atomic E-state index is 11.7. The lowest BCUT2D eigenvalue weighted by molar-refractivity contribution is 0.390. The van der Waals surface area contributed by atoms with E-state index in [4.69, 9.17) is 9.72 Å². The number of benzene rings is 2. The summed E-state index contributed by atoms with van der Waals surface area (Å²) >= 11 is 1.50. The molecule has 164 valence electrons. The molecule has 2 aromatic heterocycles. The first-order chi connectivity index (χ1) is 15.5. The molecule has 0 unspecified atom stereocenters. The zero-order valence-electron chi connectivity index (χ0n) is 18.4. The SMILES string of the molecule is COc1ncc(=O)[nH]c1CSc1nc(-c2ccccc2)c(-c2ccccc2CC(C)C)[nH]1. The molecule has 2 heterocycles. The molecule has 0 radical (unpaired) electrons. The van der Waals surface area contributed by atoms with Crippen molar-refractivity contribution in [3.05, 3.63) is 82.4 Å². The molecule has 0 amide bonds. The molecule has 0 saturated carbocycles. The van der Waals surface area contributed by atoms with Crippen LogP contribution in [0.2, 0.25) is 0 Å². The summed E-state index contributed by atoms with van der Waals surface area (Å²) in [7, 11) is 1.54. The molecule has 4 rings (SSSR count). The predicted molar refractivity (Wildman–Crippen MR) is 129 cm³/mol. The molecule has 2 aromatic carbocycles. The van der Waals surface area contributed by atoms with Crippen molar-refractivity contribution in [2.45, 2.75) is 31.2 Å². The Labute approximate surface area is 191 Å². The molecular weight excluding hydrogens is 420 g/mol. The fourth-order valence-electron chi connectivity index (χ4n) is 3.65. The molecule has 6 nitrogen and oxygen atoms in total. The maximum Gasteiger partial charge on any atom is 0.266 e. The van der Waals surface area contributed by atoms with Crippen LogP contribution in [-0.2, 0) is 12.2 Å². The van der Waals surface area contributed by atoms with Gasteiger partial charge in [-0.05, 0) is 17.9 Å². The van der Waals surface area contributed by atoms with Crippen LogP contribution < -0.4 is 10.3 Å². The van der Waals surface area contributed by atoms with Gasteiger partial charge in [0.15, 0.2) is 5.16 Å². The van der Waals surface area contributed by atoms with Crippen molar-refractivity contribution in [1.82, 2.24) is 19.9 Å². The number of ether oxygens (including phenoxy) is 1. The molecule has 2 N–H and O–H groups in total. The van der Waals surface area contributed by atoms with Gasteiger partial charge in [-0.3, -0.25) is 4.79 Å². The van der Waals surface area contributed by atoms with Crippen LogP contribution in [0.5, 0.6) is 5.88 Å². The van der Waals surface area contributed by atoms with E-state index in [-0.39, 0.29) is 5.56 Å². The van der Waals surface area contributed by atoms with E-state index >= 15 is 0 Å². The number of hydrogen-bond acceptors (Lipinski definition) is 5. The second-order valence-electron chi connectivity index (χ2n) is 7.91. The molecule has 0 atom stereocenters. The molecular formula is C25H26N4O2S. The number of thioether (sulfide) groups is 1. The standard InChI is InChI=1S/C25H26N4O2S/c1-16(2)13-18-11-7-8-12-19(18)23-22(17-9-5-4-6-10-17)28-25(29-23)32-15-20-24(31-3)26-14-21(30)27-20/h4-12,14,16H,13,15H2,1-3H3,(H,27,30)(H,28,29). The van der Waals surface area contributed by atoms with Crippen molar-refractivity contribution in [1.29, 1.82) is 0 Å². The van der Waals surface area contributed by atoms with E-state index in [1.807, 2.05) is 18.2 Å². The Hall–Kier alpha value is -3.32. The van der Waals surface area contributed by atoms with Crippen molar-refractivity contribution in [3.8, 4) is 28.4 Å². The topological polar surface area (TPSA) is 83.7 Å². The van der Waals surface area contributed by atoms with Crippen molar-refractivity contribution in [2.24, 2.45) is 5.92 Å². The first-order valence-corrected chi connectivity index (χ1v) is 11.5. The monoisotopic (exact) mass is 446 g/mol. The van der Waals surface area contributed by atoms with Crippen molar-refractivity contribution in [3.63, 3.8) is 0 Å². The first kappa shape index (κ1) is 21.9. The zero-order chi connectivity index (χ0) is 22.5. The first-order valence-electron chi connectivity index (χ1n) is 10.5. The fourth-order valence-corrected chi connectivity index (χ4v) is 4.45. The maximum absolute atomic E-state index is 11.7. The third-order valence-corrected chi connectivity index (χ3v) is 5.92. The number of hydrogen-bond donors (Lipinski definition) is 2. The second-order valence-corrected chi connectivity index (χ2v) is 8.87. The normalized spacial score (nSPS) is 11.1. The number of aromatic amines is 2. The van der Waals surface area contributed by atoms with E-state index in [9.17, 15) is 4.79 Å². The van der Waals surface area contributed by atoms with Crippen LogP contribution in [0.25, 0.3) is 22.5 Å². The molecule has 0 spiro atoms. The summed E-state index contributed by atoms with van der Waals surface area (Å²) in [6.07, 6.45) is 2.21. The van der Waals surface area contributed by atoms with Gasteiger partial charge in [-0.15, -0.1) is 0 Å². The molecule has 0 saturated heterocycles. The zero-order valence-corrected chi connectivity index (χ0v) is 19.2. The number of aromatic nitrogens is 4. The van der Waals surface area contributed by atoms with E-state index < -0.39 is 0 Å². The highest BCUT2D eigenvalue weighted by Crippen LogP contribution is 2.36. The highest BCUT2D eigenvalue weighted by atomic mass is 32.2. The van der Waals surface area contributed by atoms with Gasteiger partial charge >= 0.3 is 0 Å². The Morgan fingerprint density at radius 2 is 1.78 bits per heavy atom. The summed E-state index contributed by atoms with van der Waals surface area (Å²) in [6.45, 7) is 4.45. The molecule has 7 heteroatoms. The van der Waals surface area contributed by atoms with Crippen molar-refractivity contribution in [2.75, 3.05) is 7.11 Å². The molecule has 0 bridgehead atoms. The number of nitrogens with one attached hydrogen (secondary N) is 2. The number of rotatable bonds is 8. The minimum Gasteiger partial charge on any atom is -0.480 e. The van der Waals surface area contributed by atoms with Crippen LogP contribution in [0.3, 0.4) is 0 Å². The van der Waals surface area contributed by atoms with E-state index in [1.165, 1.54) is 23.5 Å². The number of H-pyrrole nitrogens is 2. The lowest BCUT2D eigenvalue weighted by atomic mass is 9.94. The van der Waals surface area contributed by atoms with Crippen LogP contribution in [0.15, 0.2) is 70.7 Å². The number of methoxy groups -OCH3 is 1. The smallest absolute Gasteiger partial charge is 0.266 e. The Balaban J connectivity index is 1.73. The van der Waals surface area contributed by atoms with Gasteiger partial charge in [0.25, 0.3) is 5.56 Å². The van der Waals surface area contributed by atoms with E-state index in [0.29, 0.717) is 23.2 Å². The third-order valence-electron chi connectivity index (χ3n) is 5.02. The summed E-state index contributed by atoms with van der Waals surface area (Å²) in [4.78, 5) is 27.0. The Morgan fingerprint density at radius 3 is 2.53 bits per heavy atom. The summed E-state index contributed by atoms with van der Waals surface area (Å²) in [5, 5.41) is 0.768. The van der Waals surface area contributed by atoms with Crippen LogP contribution in [0.1, 0.15) is 25.1 Å². The fraction of sp³-hybridized carbons (Fsp3) is 0.240.